The smallest absolute Gasteiger partial charge is 0.258 e. The highest BCUT2D eigenvalue weighted by molar-refractivity contribution is 5.84. The van der Waals surface area contributed by atoms with E-state index in [0.717, 1.165) is 37.0 Å². The fourth-order valence-corrected chi connectivity index (χ4v) is 3.96. The molecule has 0 unspecified atom stereocenters. The largest absolute Gasteiger partial charge is 0.497 e. The van der Waals surface area contributed by atoms with Gasteiger partial charge in [0.15, 0.2) is 6.61 Å². The molecule has 2 aromatic carbocycles. The van der Waals surface area contributed by atoms with Gasteiger partial charge in [0.25, 0.3) is 5.91 Å². The van der Waals surface area contributed by atoms with Gasteiger partial charge in [-0.1, -0.05) is 25.0 Å². The van der Waals surface area contributed by atoms with Crippen molar-refractivity contribution < 1.29 is 18.7 Å². The summed E-state index contributed by atoms with van der Waals surface area (Å²) >= 11 is 0. The van der Waals surface area contributed by atoms with Crippen LogP contribution in [-0.2, 0) is 4.79 Å². The van der Waals surface area contributed by atoms with Crippen LogP contribution in [0.15, 0.2) is 51.7 Å². The molecule has 1 fully saturated rings. The normalized spacial score (nSPS) is 14.1. The van der Waals surface area contributed by atoms with E-state index in [9.17, 15) is 9.59 Å². The van der Waals surface area contributed by atoms with Crippen molar-refractivity contribution in [1.82, 2.24) is 5.32 Å². The predicted molar refractivity (Wildman–Crippen MR) is 115 cm³/mol. The quantitative estimate of drug-likeness (QED) is 0.662. The van der Waals surface area contributed by atoms with Crippen LogP contribution in [0.25, 0.3) is 22.1 Å². The third-order valence-corrected chi connectivity index (χ3v) is 5.51. The maximum atomic E-state index is 13.1. The average Bonchev–Trinajstić information content (AvgIpc) is 3.25. The van der Waals surface area contributed by atoms with Gasteiger partial charge >= 0.3 is 0 Å². The Hall–Kier alpha value is -3.28. The van der Waals surface area contributed by atoms with Crippen molar-refractivity contribution in [2.75, 3.05) is 13.7 Å². The van der Waals surface area contributed by atoms with Crippen molar-refractivity contribution in [3.63, 3.8) is 0 Å². The minimum atomic E-state index is -0.130. The number of hydrogen-bond acceptors (Lipinski definition) is 5. The van der Waals surface area contributed by atoms with Gasteiger partial charge in [-0.05, 0) is 49.6 Å². The summed E-state index contributed by atoms with van der Waals surface area (Å²) in [5.41, 5.74) is 1.62. The van der Waals surface area contributed by atoms with Crippen LogP contribution in [-0.4, -0.2) is 25.7 Å². The lowest BCUT2D eigenvalue weighted by Crippen LogP contribution is -2.36. The maximum absolute atomic E-state index is 13.1. The highest BCUT2D eigenvalue weighted by Gasteiger charge is 2.18. The van der Waals surface area contributed by atoms with Crippen LogP contribution in [0, 0.1) is 6.92 Å². The Morgan fingerprint density at radius 1 is 1.10 bits per heavy atom. The van der Waals surface area contributed by atoms with Crippen molar-refractivity contribution in [3.8, 4) is 22.6 Å². The summed E-state index contributed by atoms with van der Waals surface area (Å²) in [7, 11) is 1.60. The van der Waals surface area contributed by atoms with Crippen LogP contribution in [0.3, 0.4) is 0 Å². The molecule has 0 spiro atoms. The zero-order chi connectivity index (χ0) is 21.1. The molecule has 6 nitrogen and oxygen atoms in total. The topological polar surface area (TPSA) is 77.8 Å². The highest BCUT2D eigenvalue weighted by Crippen LogP contribution is 2.27. The number of amides is 1. The number of carbonyl (C=O) groups is 1. The number of rotatable bonds is 6. The van der Waals surface area contributed by atoms with Gasteiger partial charge < -0.3 is 19.2 Å². The number of carbonyl (C=O) groups excluding carboxylic acids is 1. The third-order valence-electron chi connectivity index (χ3n) is 5.51. The monoisotopic (exact) mass is 407 g/mol. The molecule has 0 bridgehead atoms. The molecule has 0 saturated heterocycles. The van der Waals surface area contributed by atoms with Crippen LogP contribution in [0.1, 0.15) is 31.4 Å². The molecule has 0 aliphatic heterocycles. The van der Waals surface area contributed by atoms with Crippen molar-refractivity contribution >= 4 is 16.9 Å². The second-order valence-corrected chi connectivity index (χ2v) is 7.59. The molecule has 1 aliphatic rings. The first-order valence-corrected chi connectivity index (χ1v) is 10.2. The van der Waals surface area contributed by atoms with E-state index in [0.29, 0.717) is 28.0 Å². The Balaban J connectivity index is 1.54. The van der Waals surface area contributed by atoms with Crippen LogP contribution >= 0.6 is 0 Å². The molecule has 1 N–H and O–H groups in total. The lowest BCUT2D eigenvalue weighted by molar-refractivity contribution is -0.123. The number of ether oxygens (including phenoxy) is 2. The molecule has 156 valence electrons. The molecule has 6 heteroatoms. The standard InChI is InChI=1S/C24H25NO5/c1-15-23(16-7-9-18(28-2)10-8-16)24(27)20-12-11-19(13-21(20)30-15)29-14-22(26)25-17-5-3-4-6-17/h7-13,17H,3-6,14H2,1-2H3,(H,25,26). The highest BCUT2D eigenvalue weighted by atomic mass is 16.5. The minimum absolute atomic E-state index is 0.0604. The molecule has 1 aromatic heterocycles. The van der Waals surface area contributed by atoms with Crippen LogP contribution in [0.4, 0.5) is 0 Å². The van der Waals surface area contributed by atoms with Gasteiger partial charge in [-0.25, -0.2) is 0 Å². The number of methoxy groups -OCH3 is 1. The molecule has 1 heterocycles. The second kappa shape index (κ2) is 8.61. The number of fused-ring (bicyclic) bond motifs is 1. The number of nitrogens with one attached hydrogen (secondary N) is 1. The first kappa shape index (κ1) is 20.0. The summed E-state index contributed by atoms with van der Waals surface area (Å²) in [6, 6.07) is 12.6. The molecular formula is C24H25NO5. The average molecular weight is 407 g/mol. The molecule has 3 aromatic rings. The zero-order valence-electron chi connectivity index (χ0n) is 17.2. The fourth-order valence-electron chi connectivity index (χ4n) is 3.96. The number of hydrogen-bond donors (Lipinski definition) is 1. The van der Waals surface area contributed by atoms with Gasteiger partial charge in [0.05, 0.1) is 18.1 Å². The van der Waals surface area contributed by atoms with E-state index in [4.69, 9.17) is 13.9 Å². The summed E-state index contributed by atoms with van der Waals surface area (Å²) in [6.07, 6.45) is 4.38. The van der Waals surface area contributed by atoms with Gasteiger partial charge in [0.2, 0.25) is 5.43 Å². The van der Waals surface area contributed by atoms with Crippen molar-refractivity contribution in [2.45, 2.75) is 38.6 Å². The van der Waals surface area contributed by atoms with Crippen molar-refractivity contribution in [3.05, 3.63) is 58.4 Å². The van der Waals surface area contributed by atoms with Gasteiger partial charge in [0, 0.05) is 12.1 Å². The molecule has 30 heavy (non-hydrogen) atoms. The van der Waals surface area contributed by atoms with Gasteiger partial charge in [-0.2, -0.15) is 0 Å². The lowest BCUT2D eigenvalue weighted by Gasteiger charge is -2.13. The second-order valence-electron chi connectivity index (χ2n) is 7.59. The molecule has 0 atom stereocenters. The van der Waals surface area contributed by atoms with E-state index in [2.05, 4.69) is 5.32 Å². The summed E-state index contributed by atoms with van der Waals surface area (Å²) in [6.45, 7) is 1.71. The Labute approximate surface area is 174 Å². The molecule has 1 aliphatic carbocycles. The van der Waals surface area contributed by atoms with Crippen molar-refractivity contribution in [1.29, 1.82) is 0 Å². The Morgan fingerprint density at radius 2 is 1.80 bits per heavy atom. The molecular weight excluding hydrogens is 382 g/mol. The molecule has 1 amide bonds. The SMILES string of the molecule is COc1ccc(-c2c(C)oc3cc(OCC(=O)NC4CCCC4)ccc3c2=O)cc1. The van der Waals surface area contributed by atoms with Crippen LogP contribution in [0.2, 0.25) is 0 Å². The summed E-state index contributed by atoms with van der Waals surface area (Å²) in [4.78, 5) is 25.2. The molecule has 4 rings (SSSR count). The van der Waals surface area contributed by atoms with E-state index in [-0.39, 0.29) is 24.0 Å². The van der Waals surface area contributed by atoms with Gasteiger partial charge in [-0.15, -0.1) is 0 Å². The summed E-state index contributed by atoms with van der Waals surface area (Å²) in [5, 5.41) is 3.46. The fraction of sp³-hybridized carbons (Fsp3) is 0.333. The van der Waals surface area contributed by atoms with Gasteiger partial charge in [0.1, 0.15) is 22.8 Å². The van der Waals surface area contributed by atoms with Crippen LogP contribution in [0.5, 0.6) is 11.5 Å². The van der Waals surface area contributed by atoms with E-state index >= 15 is 0 Å². The van der Waals surface area contributed by atoms with Crippen LogP contribution < -0.4 is 20.2 Å². The Kier molecular flexibility index (Phi) is 5.74. The first-order chi connectivity index (χ1) is 14.5. The van der Waals surface area contributed by atoms with E-state index in [1.807, 2.05) is 24.3 Å². The summed E-state index contributed by atoms with van der Waals surface area (Å²) < 4.78 is 16.7. The molecule has 0 radical (unpaired) electrons. The lowest BCUT2D eigenvalue weighted by atomic mass is 10.0. The third kappa shape index (κ3) is 4.17. The zero-order valence-corrected chi connectivity index (χ0v) is 17.2. The van der Waals surface area contributed by atoms with Crippen molar-refractivity contribution in [2.24, 2.45) is 0 Å². The predicted octanol–water partition coefficient (Wildman–Crippen LogP) is 4.21. The minimum Gasteiger partial charge on any atom is -0.497 e. The Morgan fingerprint density at radius 3 is 2.50 bits per heavy atom. The molecule has 1 saturated carbocycles. The van der Waals surface area contributed by atoms with Gasteiger partial charge in [-0.3, -0.25) is 9.59 Å². The number of aryl methyl sites for hydroxylation is 1. The maximum Gasteiger partial charge on any atom is 0.258 e. The van der Waals surface area contributed by atoms with E-state index < -0.39 is 0 Å². The number of benzene rings is 2. The van der Waals surface area contributed by atoms with E-state index in [1.54, 1.807) is 32.2 Å². The van der Waals surface area contributed by atoms with E-state index in [1.165, 1.54) is 0 Å². The first-order valence-electron chi connectivity index (χ1n) is 10.2. The Bertz CT molecular complexity index is 1110. The summed E-state index contributed by atoms with van der Waals surface area (Å²) in [5.74, 6) is 1.60.